The van der Waals surface area contributed by atoms with Crippen molar-refractivity contribution in [1.29, 1.82) is 0 Å². The summed E-state index contributed by atoms with van der Waals surface area (Å²) < 4.78 is 28.2. The molecule has 0 saturated carbocycles. The monoisotopic (exact) mass is 322 g/mol. The Hall–Kier alpha value is -1.84. The van der Waals surface area contributed by atoms with Gasteiger partial charge in [0.1, 0.15) is 12.4 Å². The predicted molar refractivity (Wildman–Crippen MR) is 84.2 cm³/mol. The second-order valence-corrected chi connectivity index (χ2v) is 6.67. The van der Waals surface area contributed by atoms with E-state index >= 15 is 0 Å². The highest BCUT2D eigenvalue weighted by molar-refractivity contribution is 7.57. The van der Waals surface area contributed by atoms with Gasteiger partial charge in [-0.1, -0.05) is 29.8 Å². The van der Waals surface area contributed by atoms with E-state index in [1.165, 1.54) is 12.7 Å². The van der Waals surface area contributed by atoms with Crippen LogP contribution in [0.1, 0.15) is 25.0 Å². The molecule has 1 aromatic rings. The maximum Gasteiger partial charge on any atom is 0.403 e. The minimum Gasteiger partial charge on any atom is -0.458 e. The molecule has 6 heteroatoms. The van der Waals surface area contributed by atoms with Crippen molar-refractivity contribution in [2.45, 2.75) is 20.8 Å². The van der Waals surface area contributed by atoms with Crippen LogP contribution in [0.3, 0.4) is 0 Å². The molecule has 1 atom stereocenters. The Morgan fingerprint density at radius 1 is 1.27 bits per heavy atom. The summed E-state index contributed by atoms with van der Waals surface area (Å²) in [5.74, 6) is 1.38. The number of rotatable bonds is 5. The summed E-state index contributed by atoms with van der Waals surface area (Å²) in [6.07, 6.45) is 1.71. The zero-order chi connectivity index (χ0) is 16.2. The summed E-state index contributed by atoms with van der Waals surface area (Å²) in [6, 6.07) is 7.80. The first-order valence-electron chi connectivity index (χ1n) is 6.99. The lowest BCUT2D eigenvalue weighted by Gasteiger charge is -2.22. The minimum absolute atomic E-state index is 0.0738. The summed E-state index contributed by atoms with van der Waals surface area (Å²) in [7, 11) is -3.38. The molecule has 2 rings (SSSR count). The van der Waals surface area contributed by atoms with Crippen LogP contribution in [0.5, 0.6) is 0 Å². The molecule has 0 N–H and O–H groups in total. The van der Waals surface area contributed by atoms with Crippen LogP contribution in [-0.4, -0.2) is 19.2 Å². The zero-order valence-electron chi connectivity index (χ0n) is 12.9. The highest BCUT2D eigenvalue weighted by Crippen LogP contribution is 2.56. The van der Waals surface area contributed by atoms with Gasteiger partial charge in [-0.15, -0.1) is 0 Å². The van der Waals surface area contributed by atoms with Crippen LogP contribution < -0.4 is 0 Å². The fourth-order valence-corrected chi connectivity index (χ4v) is 3.52. The normalized spacial score (nSPS) is 20.7. The zero-order valence-corrected chi connectivity index (χ0v) is 13.8. The van der Waals surface area contributed by atoms with Crippen molar-refractivity contribution >= 4 is 19.1 Å². The molecular formula is C16H19O5P. The van der Waals surface area contributed by atoms with Crippen LogP contribution in [0.2, 0.25) is 0 Å². The van der Waals surface area contributed by atoms with Crippen LogP contribution in [0.25, 0.3) is 5.57 Å². The van der Waals surface area contributed by atoms with E-state index in [0.29, 0.717) is 5.76 Å². The van der Waals surface area contributed by atoms with Gasteiger partial charge in [-0.2, -0.15) is 0 Å². The third kappa shape index (κ3) is 4.33. The first-order valence-corrected chi connectivity index (χ1v) is 8.61. The molecule has 0 aromatic heterocycles. The molecule has 1 aliphatic rings. The highest BCUT2D eigenvalue weighted by atomic mass is 31.2. The van der Waals surface area contributed by atoms with Crippen molar-refractivity contribution in [3.05, 3.63) is 53.0 Å². The van der Waals surface area contributed by atoms with Crippen molar-refractivity contribution in [3.8, 4) is 0 Å². The van der Waals surface area contributed by atoms with Gasteiger partial charge in [-0.3, -0.25) is 9.32 Å². The van der Waals surface area contributed by atoms with E-state index in [9.17, 15) is 9.36 Å². The van der Waals surface area contributed by atoms with E-state index in [1.54, 1.807) is 13.0 Å². The quantitative estimate of drug-likeness (QED) is 0.605. The number of aryl methyl sites for hydroxylation is 1. The van der Waals surface area contributed by atoms with Gasteiger partial charge in [0, 0.05) is 12.7 Å². The summed E-state index contributed by atoms with van der Waals surface area (Å²) in [5, 5.41) is 0. The van der Waals surface area contributed by atoms with Gasteiger partial charge in [-0.25, -0.2) is 4.57 Å². The third-order valence-electron chi connectivity index (χ3n) is 2.97. The van der Waals surface area contributed by atoms with Crippen molar-refractivity contribution in [1.82, 2.24) is 0 Å². The van der Waals surface area contributed by atoms with E-state index in [1.807, 2.05) is 31.2 Å². The van der Waals surface area contributed by atoms with Crippen molar-refractivity contribution in [3.63, 3.8) is 0 Å². The van der Waals surface area contributed by atoms with Gasteiger partial charge in [0.15, 0.2) is 0 Å². The molecule has 0 fully saturated rings. The lowest BCUT2D eigenvalue weighted by Crippen LogP contribution is -2.08. The number of esters is 1. The number of ether oxygens (including phenoxy) is 1. The first-order chi connectivity index (χ1) is 10.4. The predicted octanol–water partition coefficient (Wildman–Crippen LogP) is 4.04. The maximum atomic E-state index is 12.6. The molecule has 0 aliphatic carbocycles. The van der Waals surface area contributed by atoms with Crippen molar-refractivity contribution in [2.75, 3.05) is 13.2 Å². The fraction of sp³-hybridized carbons (Fsp3) is 0.312. The second kappa shape index (κ2) is 6.95. The number of carbonyl (C=O) groups excluding carboxylic acids is 1. The Kier molecular flexibility index (Phi) is 5.22. The molecule has 1 aliphatic heterocycles. The molecule has 1 unspecified atom stereocenters. The van der Waals surface area contributed by atoms with E-state index in [4.69, 9.17) is 13.8 Å². The largest absolute Gasteiger partial charge is 0.458 e. The molecule has 0 saturated heterocycles. The Labute approximate surface area is 130 Å². The smallest absolute Gasteiger partial charge is 0.403 e. The van der Waals surface area contributed by atoms with Crippen molar-refractivity contribution in [2.24, 2.45) is 0 Å². The lowest BCUT2D eigenvalue weighted by atomic mass is 10.1. The summed E-state index contributed by atoms with van der Waals surface area (Å²) in [6.45, 7) is 5.23. The third-order valence-corrected chi connectivity index (χ3v) is 4.67. The summed E-state index contributed by atoms with van der Waals surface area (Å²) >= 11 is 0. The molecule has 5 nitrogen and oxygen atoms in total. The topological polar surface area (TPSA) is 61.8 Å². The van der Waals surface area contributed by atoms with Gasteiger partial charge >= 0.3 is 13.6 Å². The number of hydrogen-bond donors (Lipinski definition) is 0. The number of carbonyl (C=O) groups is 1. The van der Waals surface area contributed by atoms with Crippen LogP contribution >= 0.6 is 7.60 Å². The first kappa shape index (κ1) is 16.5. The number of benzene rings is 1. The standard InChI is InChI=1S/C16H19O5P/c1-4-20-22(18)11-15(14-7-5-12(2)6-8-14)9-16(21-22)10-19-13(3)17/h5-9,11H,4,10H2,1-3H3. The van der Waals surface area contributed by atoms with Gasteiger partial charge in [0.25, 0.3) is 0 Å². The van der Waals surface area contributed by atoms with E-state index in [0.717, 1.165) is 16.7 Å². The van der Waals surface area contributed by atoms with Gasteiger partial charge in [0.05, 0.1) is 6.61 Å². The molecular weight excluding hydrogens is 303 g/mol. The summed E-state index contributed by atoms with van der Waals surface area (Å²) in [4.78, 5) is 10.9. The molecule has 22 heavy (non-hydrogen) atoms. The Morgan fingerprint density at radius 3 is 2.55 bits per heavy atom. The van der Waals surface area contributed by atoms with Crippen LogP contribution in [0.4, 0.5) is 0 Å². The molecule has 118 valence electrons. The lowest BCUT2D eigenvalue weighted by molar-refractivity contribution is -0.140. The van der Waals surface area contributed by atoms with Crippen LogP contribution in [-0.2, 0) is 23.1 Å². The number of allylic oxidation sites excluding steroid dienone is 2. The maximum absolute atomic E-state index is 12.6. The average Bonchev–Trinajstić information content (AvgIpc) is 2.45. The van der Waals surface area contributed by atoms with E-state index in [2.05, 4.69) is 0 Å². The van der Waals surface area contributed by atoms with E-state index in [-0.39, 0.29) is 13.2 Å². The molecule has 0 spiro atoms. The van der Waals surface area contributed by atoms with Gasteiger partial charge in [0.2, 0.25) is 0 Å². The van der Waals surface area contributed by atoms with Crippen LogP contribution in [0, 0.1) is 6.92 Å². The minimum atomic E-state index is -3.38. The molecule has 0 amide bonds. The van der Waals surface area contributed by atoms with Gasteiger partial charge < -0.3 is 9.26 Å². The molecule has 1 heterocycles. The highest BCUT2D eigenvalue weighted by Gasteiger charge is 2.29. The van der Waals surface area contributed by atoms with Crippen molar-refractivity contribution < 1.29 is 23.1 Å². The van der Waals surface area contributed by atoms with Gasteiger partial charge in [-0.05, 0) is 31.1 Å². The summed E-state index contributed by atoms with van der Waals surface area (Å²) in [5.41, 5.74) is 2.76. The average molecular weight is 322 g/mol. The molecule has 0 radical (unpaired) electrons. The Bertz CT molecular complexity index is 658. The molecule has 1 aromatic carbocycles. The SMILES string of the molecule is CCOP1(=O)C=C(c2ccc(C)cc2)C=C(COC(C)=O)O1. The Balaban J connectivity index is 2.33. The Morgan fingerprint density at radius 2 is 1.95 bits per heavy atom. The van der Waals surface area contributed by atoms with E-state index < -0.39 is 13.6 Å². The second-order valence-electron chi connectivity index (χ2n) is 4.89. The molecule has 0 bridgehead atoms. The number of hydrogen-bond acceptors (Lipinski definition) is 5. The van der Waals surface area contributed by atoms with Crippen LogP contribution in [0.15, 0.2) is 41.9 Å². The fourth-order valence-electron chi connectivity index (χ4n) is 1.99.